The third kappa shape index (κ3) is 4.86. The Morgan fingerprint density at radius 2 is 1.62 bits per heavy atom. The van der Waals surface area contributed by atoms with E-state index in [0.717, 1.165) is 17.2 Å². The Bertz CT molecular complexity index is 671. The van der Waals surface area contributed by atoms with E-state index in [-0.39, 0.29) is 6.04 Å². The maximum Gasteiger partial charge on any atom is 0.171 e. The maximum absolute atomic E-state index is 5.47. The summed E-state index contributed by atoms with van der Waals surface area (Å²) in [5.41, 5.74) is 2.06. The summed E-state index contributed by atoms with van der Waals surface area (Å²) in [5.74, 6) is 2.01. The molecule has 0 heterocycles. The van der Waals surface area contributed by atoms with Crippen LogP contribution in [0.25, 0.3) is 0 Å². The highest BCUT2D eigenvalue weighted by atomic mass is 32.1. The average Bonchev–Trinajstić information content (AvgIpc) is 2.59. The third-order valence-electron chi connectivity index (χ3n) is 3.76. The first-order valence-electron chi connectivity index (χ1n) is 7.89. The van der Waals surface area contributed by atoms with Crippen molar-refractivity contribution in [3.8, 4) is 11.5 Å². The van der Waals surface area contributed by atoms with Crippen molar-refractivity contribution in [1.29, 1.82) is 0 Å². The van der Waals surface area contributed by atoms with Gasteiger partial charge in [0.15, 0.2) is 5.11 Å². The number of rotatable bonds is 6. The van der Waals surface area contributed by atoms with Crippen LogP contribution >= 0.6 is 12.2 Å². The molecule has 0 saturated heterocycles. The second-order valence-electron chi connectivity index (χ2n) is 5.83. The lowest BCUT2D eigenvalue weighted by atomic mass is 9.96. The van der Waals surface area contributed by atoms with E-state index in [1.165, 1.54) is 5.56 Å². The molecule has 1 atom stereocenters. The topological polar surface area (TPSA) is 42.5 Å². The van der Waals surface area contributed by atoms with Crippen molar-refractivity contribution in [2.24, 2.45) is 5.92 Å². The smallest absolute Gasteiger partial charge is 0.171 e. The molecule has 0 aromatic heterocycles. The van der Waals surface area contributed by atoms with Gasteiger partial charge >= 0.3 is 0 Å². The Hall–Kier alpha value is -2.27. The van der Waals surface area contributed by atoms with Gasteiger partial charge in [-0.15, -0.1) is 0 Å². The van der Waals surface area contributed by atoms with Gasteiger partial charge in [0, 0.05) is 11.8 Å². The molecule has 4 nitrogen and oxygen atoms in total. The molecule has 0 aliphatic carbocycles. The fraction of sp³-hybridized carbons (Fsp3) is 0.316. The lowest BCUT2D eigenvalue weighted by molar-refractivity contribution is 0.413. The highest BCUT2D eigenvalue weighted by molar-refractivity contribution is 7.80. The van der Waals surface area contributed by atoms with Crippen molar-refractivity contribution in [2.45, 2.75) is 19.9 Å². The quantitative estimate of drug-likeness (QED) is 0.761. The van der Waals surface area contributed by atoms with E-state index in [0.29, 0.717) is 11.0 Å². The molecule has 2 aromatic carbocycles. The van der Waals surface area contributed by atoms with E-state index in [1.807, 2.05) is 36.4 Å². The Labute approximate surface area is 149 Å². The summed E-state index contributed by atoms with van der Waals surface area (Å²) in [6.45, 7) is 4.33. The molecule has 24 heavy (non-hydrogen) atoms. The monoisotopic (exact) mass is 344 g/mol. The molecule has 0 aliphatic rings. The van der Waals surface area contributed by atoms with E-state index in [1.54, 1.807) is 14.2 Å². The zero-order valence-corrected chi connectivity index (χ0v) is 15.3. The van der Waals surface area contributed by atoms with E-state index >= 15 is 0 Å². The van der Waals surface area contributed by atoms with Crippen LogP contribution in [0.2, 0.25) is 0 Å². The first-order chi connectivity index (χ1) is 11.5. The van der Waals surface area contributed by atoms with Gasteiger partial charge in [0.1, 0.15) is 11.5 Å². The predicted octanol–water partition coefficient (Wildman–Crippen LogP) is 4.39. The van der Waals surface area contributed by atoms with Crippen LogP contribution in [0, 0.1) is 5.92 Å². The normalized spacial score (nSPS) is 11.7. The van der Waals surface area contributed by atoms with Crippen LogP contribution in [0.15, 0.2) is 48.5 Å². The first-order valence-corrected chi connectivity index (χ1v) is 8.30. The number of thiocarbonyl (C=S) groups is 1. The van der Waals surface area contributed by atoms with E-state index in [4.69, 9.17) is 21.7 Å². The molecule has 5 heteroatoms. The molecular formula is C19H24N2O2S. The van der Waals surface area contributed by atoms with Crippen molar-refractivity contribution >= 4 is 23.0 Å². The molecule has 0 saturated carbocycles. The standard InChI is InChI=1S/C19H24N2O2S/c1-13(2)18(14-8-10-16(22-3)11-9-14)21-19(24)20-15-6-5-7-17(12-15)23-4/h5-13,18H,1-4H3,(H2,20,21,24)/t18-/m1/s1. The highest BCUT2D eigenvalue weighted by Gasteiger charge is 2.17. The Kier molecular flexibility index (Phi) is 6.44. The molecule has 2 rings (SSSR count). The molecular weight excluding hydrogens is 320 g/mol. The summed E-state index contributed by atoms with van der Waals surface area (Å²) in [7, 11) is 3.31. The number of anilines is 1. The Morgan fingerprint density at radius 1 is 0.958 bits per heavy atom. The lowest BCUT2D eigenvalue weighted by Gasteiger charge is -2.25. The van der Waals surface area contributed by atoms with Crippen LogP contribution in [0.5, 0.6) is 11.5 Å². The largest absolute Gasteiger partial charge is 0.497 e. The van der Waals surface area contributed by atoms with Gasteiger partial charge in [-0.2, -0.15) is 0 Å². The molecule has 2 aromatic rings. The van der Waals surface area contributed by atoms with Gasteiger partial charge in [0.05, 0.1) is 20.3 Å². The molecule has 0 aliphatic heterocycles. The van der Waals surface area contributed by atoms with Gasteiger partial charge in [-0.1, -0.05) is 32.0 Å². The minimum atomic E-state index is 0.113. The van der Waals surface area contributed by atoms with E-state index < -0.39 is 0 Å². The van der Waals surface area contributed by atoms with Crippen LogP contribution in [0.1, 0.15) is 25.5 Å². The van der Waals surface area contributed by atoms with Crippen LogP contribution in [-0.4, -0.2) is 19.3 Å². The summed E-state index contributed by atoms with van der Waals surface area (Å²) < 4.78 is 10.5. The molecule has 0 spiro atoms. The third-order valence-corrected chi connectivity index (χ3v) is 3.98. The van der Waals surface area contributed by atoms with Gasteiger partial charge in [-0.25, -0.2) is 0 Å². The second kappa shape index (κ2) is 8.55. The van der Waals surface area contributed by atoms with Crippen LogP contribution in [0.3, 0.4) is 0 Å². The van der Waals surface area contributed by atoms with Crippen LogP contribution in [0.4, 0.5) is 5.69 Å². The number of hydrogen-bond acceptors (Lipinski definition) is 3. The van der Waals surface area contributed by atoms with Crippen molar-refractivity contribution in [3.05, 3.63) is 54.1 Å². The fourth-order valence-electron chi connectivity index (χ4n) is 2.46. The second-order valence-corrected chi connectivity index (χ2v) is 6.23. The molecule has 0 fully saturated rings. The maximum atomic E-state index is 5.47. The lowest BCUT2D eigenvalue weighted by Crippen LogP contribution is -2.34. The first kappa shape index (κ1) is 18.1. The van der Waals surface area contributed by atoms with Gasteiger partial charge < -0.3 is 20.1 Å². The van der Waals surface area contributed by atoms with Crippen molar-refractivity contribution < 1.29 is 9.47 Å². The van der Waals surface area contributed by atoms with E-state index in [9.17, 15) is 0 Å². The molecule has 0 bridgehead atoms. The summed E-state index contributed by atoms with van der Waals surface area (Å²) in [5, 5.41) is 7.19. The number of nitrogens with one attached hydrogen (secondary N) is 2. The van der Waals surface area contributed by atoms with Gasteiger partial charge in [0.25, 0.3) is 0 Å². The summed E-state index contributed by atoms with van der Waals surface area (Å²) >= 11 is 5.47. The number of hydrogen-bond donors (Lipinski definition) is 2. The fourth-order valence-corrected chi connectivity index (χ4v) is 2.70. The van der Waals surface area contributed by atoms with Crippen molar-refractivity contribution in [2.75, 3.05) is 19.5 Å². The van der Waals surface area contributed by atoms with Crippen LogP contribution < -0.4 is 20.1 Å². The predicted molar refractivity (Wildman–Crippen MR) is 103 cm³/mol. The Balaban J connectivity index is 2.07. The molecule has 128 valence electrons. The molecule has 0 unspecified atom stereocenters. The molecule has 0 amide bonds. The number of methoxy groups -OCH3 is 2. The van der Waals surface area contributed by atoms with E-state index in [2.05, 4.69) is 36.6 Å². The van der Waals surface area contributed by atoms with Crippen molar-refractivity contribution in [1.82, 2.24) is 5.32 Å². The summed E-state index contributed by atoms with van der Waals surface area (Å²) in [4.78, 5) is 0. The molecule has 2 N–H and O–H groups in total. The van der Waals surface area contributed by atoms with Crippen LogP contribution in [-0.2, 0) is 0 Å². The highest BCUT2D eigenvalue weighted by Crippen LogP contribution is 2.24. The molecule has 0 radical (unpaired) electrons. The summed E-state index contributed by atoms with van der Waals surface area (Å²) in [6.07, 6.45) is 0. The van der Waals surface area contributed by atoms with Gasteiger partial charge in [0.2, 0.25) is 0 Å². The number of benzene rings is 2. The van der Waals surface area contributed by atoms with Gasteiger partial charge in [-0.05, 0) is 48.0 Å². The average molecular weight is 344 g/mol. The van der Waals surface area contributed by atoms with Crippen molar-refractivity contribution in [3.63, 3.8) is 0 Å². The van der Waals surface area contributed by atoms with Gasteiger partial charge in [-0.3, -0.25) is 0 Å². The minimum Gasteiger partial charge on any atom is -0.497 e. The zero-order chi connectivity index (χ0) is 17.5. The number of ether oxygens (including phenoxy) is 2. The zero-order valence-electron chi connectivity index (χ0n) is 14.5. The Morgan fingerprint density at radius 3 is 2.21 bits per heavy atom. The summed E-state index contributed by atoms with van der Waals surface area (Å²) in [6, 6.07) is 15.8. The SMILES string of the molecule is COc1ccc([C@H](NC(=S)Nc2cccc(OC)c2)C(C)C)cc1. The minimum absolute atomic E-state index is 0.113.